The third kappa shape index (κ3) is 2.86. The first kappa shape index (κ1) is 12.1. The van der Waals surface area contributed by atoms with Gasteiger partial charge in [0, 0.05) is 17.5 Å². The number of halogens is 1. The van der Waals surface area contributed by atoms with E-state index in [1.165, 1.54) is 16.0 Å². The van der Waals surface area contributed by atoms with E-state index in [0.29, 0.717) is 6.04 Å². The van der Waals surface area contributed by atoms with Gasteiger partial charge in [-0.3, -0.25) is 0 Å². The highest BCUT2D eigenvalue weighted by Crippen LogP contribution is 2.25. The molecule has 86 valence electrons. The van der Waals surface area contributed by atoms with Crippen molar-refractivity contribution in [3.63, 3.8) is 0 Å². The SMILES string of the molecule is Cc1ccsc1CNC(C)c1csc(Cl)c1. The van der Waals surface area contributed by atoms with Crippen LogP contribution in [0.2, 0.25) is 4.34 Å². The van der Waals surface area contributed by atoms with Crippen LogP contribution in [0.1, 0.15) is 29.0 Å². The number of rotatable bonds is 4. The molecule has 2 heterocycles. The highest BCUT2D eigenvalue weighted by atomic mass is 35.5. The summed E-state index contributed by atoms with van der Waals surface area (Å²) in [6, 6.07) is 4.55. The zero-order chi connectivity index (χ0) is 11.5. The van der Waals surface area contributed by atoms with Crippen LogP contribution in [0, 0.1) is 6.92 Å². The quantitative estimate of drug-likeness (QED) is 0.855. The summed E-state index contributed by atoms with van der Waals surface area (Å²) in [4.78, 5) is 1.41. The number of hydrogen-bond donors (Lipinski definition) is 1. The topological polar surface area (TPSA) is 12.0 Å². The first-order valence-electron chi connectivity index (χ1n) is 5.17. The van der Waals surface area contributed by atoms with Gasteiger partial charge in [0.1, 0.15) is 0 Å². The zero-order valence-corrected chi connectivity index (χ0v) is 11.7. The van der Waals surface area contributed by atoms with E-state index in [1.54, 1.807) is 22.7 Å². The number of aryl methyl sites for hydroxylation is 1. The van der Waals surface area contributed by atoms with Gasteiger partial charge in [0.2, 0.25) is 0 Å². The Balaban J connectivity index is 1.93. The summed E-state index contributed by atoms with van der Waals surface area (Å²) in [7, 11) is 0. The van der Waals surface area contributed by atoms with Gasteiger partial charge in [0.25, 0.3) is 0 Å². The minimum atomic E-state index is 0.352. The molecule has 0 saturated carbocycles. The van der Waals surface area contributed by atoms with Crippen LogP contribution in [0.3, 0.4) is 0 Å². The largest absolute Gasteiger partial charge is 0.305 e. The van der Waals surface area contributed by atoms with E-state index >= 15 is 0 Å². The van der Waals surface area contributed by atoms with Crippen LogP contribution >= 0.6 is 34.3 Å². The molecule has 0 fully saturated rings. The number of thiophene rings is 2. The lowest BCUT2D eigenvalue weighted by Crippen LogP contribution is -2.17. The summed E-state index contributed by atoms with van der Waals surface area (Å²) < 4.78 is 0.857. The van der Waals surface area contributed by atoms with Crippen molar-refractivity contribution in [1.82, 2.24) is 5.32 Å². The normalized spacial score (nSPS) is 12.9. The second kappa shape index (κ2) is 5.32. The van der Waals surface area contributed by atoms with Gasteiger partial charge in [-0.25, -0.2) is 0 Å². The number of nitrogens with one attached hydrogen (secondary N) is 1. The van der Waals surface area contributed by atoms with Crippen molar-refractivity contribution in [3.8, 4) is 0 Å². The first-order valence-corrected chi connectivity index (χ1v) is 7.31. The third-order valence-electron chi connectivity index (χ3n) is 2.62. The van der Waals surface area contributed by atoms with E-state index in [0.717, 1.165) is 10.9 Å². The highest BCUT2D eigenvalue weighted by Gasteiger charge is 2.08. The molecule has 2 aromatic heterocycles. The summed E-state index contributed by atoms with van der Waals surface area (Å²) in [5, 5.41) is 7.76. The molecule has 0 amide bonds. The molecule has 0 aliphatic heterocycles. The molecular formula is C12H14ClNS2. The minimum Gasteiger partial charge on any atom is -0.305 e. The van der Waals surface area contributed by atoms with E-state index < -0.39 is 0 Å². The van der Waals surface area contributed by atoms with Gasteiger partial charge < -0.3 is 5.32 Å². The van der Waals surface area contributed by atoms with E-state index in [2.05, 4.69) is 36.0 Å². The van der Waals surface area contributed by atoms with Crippen molar-refractivity contribution in [2.24, 2.45) is 0 Å². The van der Waals surface area contributed by atoms with E-state index in [-0.39, 0.29) is 0 Å². The lowest BCUT2D eigenvalue weighted by atomic mass is 10.2. The molecule has 2 aromatic rings. The standard InChI is InChI=1S/C12H14ClNS2/c1-8-3-4-15-11(8)6-14-9(2)10-5-12(13)16-7-10/h3-5,7,9,14H,6H2,1-2H3. The van der Waals surface area contributed by atoms with Crippen molar-refractivity contribution in [1.29, 1.82) is 0 Å². The molecular weight excluding hydrogens is 258 g/mol. The molecule has 0 spiro atoms. The average molecular weight is 272 g/mol. The molecule has 2 rings (SSSR count). The van der Waals surface area contributed by atoms with Gasteiger partial charge in [-0.1, -0.05) is 11.6 Å². The zero-order valence-electron chi connectivity index (χ0n) is 9.29. The van der Waals surface area contributed by atoms with E-state index in [4.69, 9.17) is 11.6 Å². The van der Waals surface area contributed by atoms with Gasteiger partial charge in [-0.05, 0) is 47.9 Å². The van der Waals surface area contributed by atoms with Crippen molar-refractivity contribution in [2.75, 3.05) is 0 Å². The lowest BCUT2D eigenvalue weighted by Gasteiger charge is -2.11. The maximum Gasteiger partial charge on any atom is 0.0931 e. The summed E-state index contributed by atoms with van der Waals surface area (Å²) in [5.41, 5.74) is 2.64. The highest BCUT2D eigenvalue weighted by molar-refractivity contribution is 7.14. The van der Waals surface area contributed by atoms with E-state index in [1.807, 2.05) is 6.07 Å². The molecule has 0 aliphatic carbocycles. The molecule has 1 nitrogen and oxygen atoms in total. The molecule has 0 bridgehead atoms. The van der Waals surface area contributed by atoms with Crippen molar-refractivity contribution >= 4 is 34.3 Å². The third-order valence-corrected chi connectivity index (χ3v) is 4.76. The fraction of sp³-hybridized carbons (Fsp3) is 0.333. The molecule has 0 aliphatic rings. The van der Waals surface area contributed by atoms with Crippen LogP contribution in [0.4, 0.5) is 0 Å². The fourth-order valence-electron chi connectivity index (χ4n) is 1.50. The summed E-state index contributed by atoms with van der Waals surface area (Å²) in [6.07, 6.45) is 0. The summed E-state index contributed by atoms with van der Waals surface area (Å²) in [5.74, 6) is 0. The van der Waals surface area contributed by atoms with Gasteiger partial charge in [-0.2, -0.15) is 0 Å². The molecule has 1 unspecified atom stereocenters. The Kier molecular flexibility index (Phi) is 4.03. The predicted molar refractivity (Wildman–Crippen MR) is 73.6 cm³/mol. The van der Waals surface area contributed by atoms with Crippen LogP contribution in [-0.2, 0) is 6.54 Å². The van der Waals surface area contributed by atoms with Crippen molar-refractivity contribution < 1.29 is 0 Å². The molecule has 4 heteroatoms. The second-order valence-electron chi connectivity index (χ2n) is 3.81. The second-order valence-corrected chi connectivity index (χ2v) is 6.36. The minimum absolute atomic E-state index is 0.352. The average Bonchev–Trinajstić information content (AvgIpc) is 2.84. The van der Waals surface area contributed by atoms with Crippen molar-refractivity contribution in [3.05, 3.63) is 43.2 Å². The van der Waals surface area contributed by atoms with Gasteiger partial charge in [0.05, 0.1) is 4.34 Å². The number of hydrogen-bond acceptors (Lipinski definition) is 3. The predicted octanol–water partition coefficient (Wildman–Crippen LogP) is 4.62. The van der Waals surface area contributed by atoms with Gasteiger partial charge in [-0.15, -0.1) is 22.7 Å². The van der Waals surface area contributed by atoms with Gasteiger partial charge >= 0.3 is 0 Å². The summed E-state index contributed by atoms with van der Waals surface area (Å²) >= 11 is 9.32. The molecule has 1 N–H and O–H groups in total. The van der Waals surface area contributed by atoms with Crippen LogP contribution < -0.4 is 5.32 Å². The van der Waals surface area contributed by atoms with Crippen LogP contribution in [0.5, 0.6) is 0 Å². The molecule has 1 atom stereocenters. The Hall–Kier alpha value is -0.350. The van der Waals surface area contributed by atoms with E-state index in [9.17, 15) is 0 Å². The Labute approximate surface area is 109 Å². The monoisotopic (exact) mass is 271 g/mol. The Morgan fingerprint density at radius 3 is 2.81 bits per heavy atom. The Morgan fingerprint density at radius 2 is 2.25 bits per heavy atom. The molecule has 0 radical (unpaired) electrons. The smallest absolute Gasteiger partial charge is 0.0931 e. The van der Waals surface area contributed by atoms with Crippen LogP contribution in [0.25, 0.3) is 0 Å². The Morgan fingerprint density at radius 1 is 1.44 bits per heavy atom. The van der Waals surface area contributed by atoms with Crippen molar-refractivity contribution in [2.45, 2.75) is 26.4 Å². The molecule has 0 saturated heterocycles. The van der Waals surface area contributed by atoms with Gasteiger partial charge in [0.15, 0.2) is 0 Å². The summed E-state index contributed by atoms with van der Waals surface area (Å²) in [6.45, 7) is 5.25. The maximum atomic E-state index is 5.92. The van der Waals surface area contributed by atoms with Crippen LogP contribution in [-0.4, -0.2) is 0 Å². The first-order chi connectivity index (χ1) is 7.66. The molecule has 16 heavy (non-hydrogen) atoms. The Bertz CT molecular complexity index is 461. The van der Waals surface area contributed by atoms with Crippen LogP contribution in [0.15, 0.2) is 22.9 Å². The lowest BCUT2D eigenvalue weighted by molar-refractivity contribution is 0.579. The fourth-order valence-corrected chi connectivity index (χ4v) is 3.34. The maximum absolute atomic E-state index is 5.92. The molecule has 0 aromatic carbocycles.